The van der Waals surface area contributed by atoms with Gasteiger partial charge in [-0.2, -0.15) is 0 Å². The molecule has 1 amide bonds. The van der Waals surface area contributed by atoms with Crippen molar-refractivity contribution in [1.29, 1.82) is 0 Å². The molecule has 24 heavy (non-hydrogen) atoms. The Morgan fingerprint density at radius 2 is 1.71 bits per heavy atom. The number of carbonyl (C=O) groups is 1. The lowest BCUT2D eigenvalue weighted by Gasteiger charge is -2.22. The molecule has 0 spiro atoms. The molecule has 1 atom stereocenters. The maximum Gasteiger partial charge on any atom is 0.240 e. The lowest BCUT2D eigenvalue weighted by molar-refractivity contribution is -0.126. The Kier molecular flexibility index (Phi) is 6.38. The topological polar surface area (TPSA) is 64.4 Å². The van der Waals surface area contributed by atoms with Crippen molar-refractivity contribution in [3.05, 3.63) is 65.7 Å². The third-order valence-electron chi connectivity index (χ3n) is 3.91. The lowest BCUT2D eigenvalue weighted by atomic mass is 9.96. The van der Waals surface area contributed by atoms with Gasteiger partial charge in [0.1, 0.15) is 12.4 Å². The van der Waals surface area contributed by atoms with Crippen molar-refractivity contribution in [2.75, 3.05) is 0 Å². The number of para-hydroxylation sites is 1. The minimum Gasteiger partial charge on any atom is -0.489 e. The highest BCUT2D eigenvalue weighted by Crippen LogP contribution is 2.13. The van der Waals surface area contributed by atoms with E-state index in [1.807, 2.05) is 61.5 Å². The van der Waals surface area contributed by atoms with E-state index in [-0.39, 0.29) is 5.91 Å². The van der Waals surface area contributed by atoms with Crippen LogP contribution in [0.15, 0.2) is 54.6 Å². The molecule has 2 aromatic rings. The number of hydrogen-bond donors (Lipinski definition) is 2. The first-order valence-corrected chi connectivity index (χ1v) is 8.34. The van der Waals surface area contributed by atoms with Crippen LogP contribution in [0.25, 0.3) is 0 Å². The molecule has 2 rings (SSSR count). The summed E-state index contributed by atoms with van der Waals surface area (Å²) in [5, 5.41) is 2.91. The Morgan fingerprint density at radius 1 is 1.08 bits per heavy atom. The standard InChI is InChI=1S/C20H26N2O2/c1-3-13-20(2,21)19(23)22-14-16-9-11-17(12-10-16)15-24-18-7-5-4-6-8-18/h4-12H,3,13-15,21H2,1-2H3,(H,22,23). The molecule has 0 bridgehead atoms. The van der Waals surface area contributed by atoms with Gasteiger partial charge in [-0.3, -0.25) is 4.79 Å². The minimum absolute atomic E-state index is 0.110. The van der Waals surface area contributed by atoms with E-state index in [2.05, 4.69) is 5.32 Å². The van der Waals surface area contributed by atoms with Gasteiger partial charge in [-0.05, 0) is 36.6 Å². The minimum atomic E-state index is -0.807. The van der Waals surface area contributed by atoms with Gasteiger partial charge in [0, 0.05) is 6.54 Å². The smallest absolute Gasteiger partial charge is 0.240 e. The van der Waals surface area contributed by atoms with Crippen molar-refractivity contribution < 1.29 is 9.53 Å². The van der Waals surface area contributed by atoms with Gasteiger partial charge in [-0.25, -0.2) is 0 Å². The number of benzene rings is 2. The third-order valence-corrected chi connectivity index (χ3v) is 3.91. The number of rotatable bonds is 8. The van der Waals surface area contributed by atoms with E-state index in [1.54, 1.807) is 6.92 Å². The largest absolute Gasteiger partial charge is 0.489 e. The molecule has 0 heterocycles. The summed E-state index contributed by atoms with van der Waals surface area (Å²) in [6.45, 7) is 4.80. The average molecular weight is 326 g/mol. The van der Waals surface area contributed by atoms with Crippen LogP contribution in [-0.4, -0.2) is 11.4 Å². The van der Waals surface area contributed by atoms with E-state index in [1.165, 1.54) is 0 Å². The van der Waals surface area contributed by atoms with Gasteiger partial charge < -0.3 is 15.8 Å². The van der Waals surface area contributed by atoms with E-state index in [0.29, 0.717) is 19.6 Å². The van der Waals surface area contributed by atoms with Crippen molar-refractivity contribution >= 4 is 5.91 Å². The van der Waals surface area contributed by atoms with Crippen molar-refractivity contribution in [1.82, 2.24) is 5.32 Å². The summed E-state index contributed by atoms with van der Waals surface area (Å²) >= 11 is 0. The Bertz CT molecular complexity index is 636. The summed E-state index contributed by atoms with van der Waals surface area (Å²) in [7, 11) is 0. The normalized spacial score (nSPS) is 13.1. The van der Waals surface area contributed by atoms with Crippen LogP contribution < -0.4 is 15.8 Å². The second kappa shape index (κ2) is 8.50. The molecule has 0 aliphatic carbocycles. The second-order valence-corrected chi connectivity index (χ2v) is 6.27. The molecular weight excluding hydrogens is 300 g/mol. The zero-order valence-electron chi connectivity index (χ0n) is 14.4. The van der Waals surface area contributed by atoms with Crippen molar-refractivity contribution in [2.45, 2.75) is 45.4 Å². The molecular formula is C20H26N2O2. The summed E-state index contributed by atoms with van der Waals surface area (Å²) < 4.78 is 5.72. The molecule has 0 fully saturated rings. The van der Waals surface area contributed by atoms with Gasteiger partial charge in [-0.15, -0.1) is 0 Å². The summed E-state index contributed by atoms with van der Waals surface area (Å²) in [6, 6.07) is 17.7. The molecule has 4 heteroatoms. The summed E-state index contributed by atoms with van der Waals surface area (Å²) in [4.78, 5) is 12.1. The predicted molar refractivity (Wildman–Crippen MR) is 96.6 cm³/mol. The molecule has 0 aliphatic heterocycles. The van der Waals surface area contributed by atoms with E-state index < -0.39 is 5.54 Å². The highest BCUT2D eigenvalue weighted by molar-refractivity contribution is 5.85. The quantitative estimate of drug-likeness (QED) is 0.781. The molecule has 0 aromatic heterocycles. The summed E-state index contributed by atoms with van der Waals surface area (Å²) in [6.07, 6.45) is 1.56. The fourth-order valence-corrected chi connectivity index (χ4v) is 2.45. The zero-order valence-corrected chi connectivity index (χ0v) is 14.4. The summed E-state index contributed by atoms with van der Waals surface area (Å²) in [5.41, 5.74) is 7.35. The molecule has 0 aliphatic rings. The van der Waals surface area contributed by atoms with Crippen LogP contribution in [0.1, 0.15) is 37.8 Å². The molecule has 1 unspecified atom stereocenters. The van der Waals surface area contributed by atoms with E-state index in [4.69, 9.17) is 10.5 Å². The van der Waals surface area contributed by atoms with Crippen molar-refractivity contribution in [3.63, 3.8) is 0 Å². The molecule has 3 N–H and O–H groups in total. The van der Waals surface area contributed by atoms with Crippen LogP contribution in [0, 0.1) is 0 Å². The molecule has 0 saturated heterocycles. The van der Waals surface area contributed by atoms with Gasteiger partial charge in [0.25, 0.3) is 0 Å². The lowest BCUT2D eigenvalue weighted by Crippen LogP contribution is -2.51. The van der Waals surface area contributed by atoms with E-state index in [9.17, 15) is 4.79 Å². The fraction of sp³-hybridized carbons (Fsp3) is 0.350. The van der Waals surface area contributed by atoms with Gasteiger partial charge in [0.15, 0.2) is 0 Å². The predicted octanol–water partition coefficient (Wildman–Crippen LogP) is 3.40. The summed E-state index contributed by atoms with van der Waals surface area (Å²) in [5.74, 6) is 0.743. The number of carbonyl (C=O) groups excluding carboxylic acids is 1. The Hall–Kier alpha value is -2.33. The Balaban J connectivity index is 1.82. The number of amides is 1. The molecule has 2 aromatic carbocycles. The molecule has 4 nitrogen and oxygen atoms in total. The van der Waals surface area contributed by atoms with Crippen LogP contribution in [0.5, 0.6) is 5.75 Å². The first-order chi connectivity index (χ1) is 11.5. The fourth-order valence-electron chi connectivity index (χ4n) is 2.45. The number of nitrogens with one attached hydrogen (secondary N) is 1. The van der Waals surface area contributed by atoms with Gasteiger partial charge in [0.2, 0.25) is 5.91 Å². The first kappa shape index (κ1) is 18.0. The molecule has 128 valence electrons. The average Bonchev–Trinajstić information content (AvgIpc) is 2.59. The van der Waals surface area contributed by atoms with Crippen LogP contribution in [0.4, 0.5) is 0 Å². The van der Waals surface area contributed by atoms with Crippen molar-refractivity contribution in [3.8, 4) is 5.75 Å². The zero-order chi connectivity index (χ0) is 17.4. The van der Waals surface area contributed by atoms with E-state index in [0.717, 1.165) is 23.3 Å². The Morgan fingerprint density at radius 3 is 2.33 bits per heavy atom. The van der Waals surface area contributed by atoms with Crippen LogP contribution in [-0.2, 0) is 17.9 Å². The van der Waals surface area contributed by atoms with Crippen LogP contribution in [0.2, 0.25) is 0 Å². The van der Waals surface area contributed by atoms with E-state index >= 15 is 0 Å². The maximum absolute atomic E-state index is 12.1. The number of hydrogen-bond acceptors (Lipinski definition) is 3. The molecule has 0 saturated carbocycles. The van der Waals surface area contributed by atoms with Crippen LogP contribution >= 0.6 is 0 Å². The first-order valence-electron chi connectivity index (χ1n) is 8.34. The maximum atomic E-state index is 12.1. The Labute approximate surface area is 144 Å². The third kappa shape index (κ3) is 5.39. The highest BCUT2D eigenvalue weighted by Gasteiger charge is 2.26. The highest BCUT2D eigenvalue weighted by atomic mass is 16.5. The van der Waals surface area contributed by atoms with Gasteiger partial charge >= 0.3 is 0 Å². The van der Waals surface area contributed by atoms with Crippen LogP contribution in [0.3, 0.4) is 0 Å². The SMILES string of the molecule is CCCC(C)(N)C(=O)NCc1ccc(COc2ccccc2)cc1. The number of nitrogens with two attached hydrogens (primary N) is 1. The molecule has 0 radical (unpaired) electrons. The van der Waals surface area contributed by atoms with Crippen molar-refractivity contribution in [2.24, 2.45) is 5.73 Å². The van der Waals surface area contributed by atoms with Gasteiger partial charge in [0.05, 0.1) is 5.54 Å². The van der Waals surface area contributed by atoms with Gasteiger partial charge in [-0.1, -0.05) is 55.8 Å². The number of ether oxygens (including phenoxy) is 1. The monoisotopic (exact) mass is 326 g/mol. The second-order valence-electron chi connectivity index (χ2n) is 6.27.